The molecule has 4 aromatic rings. The first-order valence-corrected chi connectivity index (χ1v) is 16.1. The average molecular weight is 623 g/mol. The minimum absolute atomic E-state index is 0.0225. The highest BCUT2D eigenvalue weighted by Crippen LogP contribution is 2.33. The predicted octanol–water partition coefficient (Wildman–Crippen LogP) is 3.96. The van der Waals surface area contributed by atoms with Crippen molar-refractivity contribution in [2.24, 2.45) is 4.99 Å². The predicted molar refractivity (Wildman–Crippen MR) is 172 cm³/mol. The summed E-state index contributed by atoms with van der Waals surface area (Å²) >= 11 is 6.20. The van der Waals surface area contributed by atoms with Crippen molar-refractivity contribution in [3.05, 3.63) is 88.4 Å². The topological polar surface area (TPSA) is 121 Å². The second-order valence-corrected chi connectivity index (χ2v) is 13.1. The summed E-state index contributed by atoms with van der Waals surface area (Å²) in [6, 6.07) is 20.0. The summed E-state index contributed by atoms with van der Waals surface area (Å²) in [5.41, 5.74) is 4.57. The maximum Gasteiger partial charge on any atom is 0.240 e. The summed E-state index contributed by atoms with van der Waals surface area (Å²) in [6.45, 7) is 4.17. The Hall–Kier alpha value is -3.74. The van der Waals surface area contributed by atoms with E-state index in [9.17, 15) is 18.3 Å². The molecule has 1 amide bonds. The van der Waals surface area contributed by atoms with Crippen LogP contribution in [0.3, 0.4) is 0 Å². The lowest BCUT2D eigenvalue weighted by atomic mass is 9.99. The third-order valence-electron chi connectivity index (χ3n) is 7.55. The molecule has 10 nitrogen and oxygen atoms in total. The third-order valence-corrected chi connectivity index (χ3v) is 8.45. The molecule has 3 N–H and O–H groups in total. The molecule has 0 unspecified atom stereocenters. The van der Waals surface area contributed by atoms with Gasteiger partial charge >= 0.3 is 0 Å². The number of piperazine rings is 1. The number of H-pyrrole nitrogens is 1. The van der Waals surface area contributed by atoms with Gasteiger partial charge in [-0.05, 0) is 49.0 Å². The van der Waals surface area contributed by atoms with Crippen LogP contribution >= 0.6 is 11.6 Å². The van der Waals surface area contributed by atoms with Gasteiger partial charge in [0.2, 0.25) is 15.9 Å². The zero-order chi connectivity index (χ0) is 30.7. The zero-order valence-corrected chi connectivity index (χ0v) is 25.9. The number of hydrogen-bond donors (Lipinski definition) is 3. The quantitative estimate of drug-likeness (QED) is 0.243. The number of nitrogens with zero attached hydrogens (tertiary/aromatic N) is 4. The van der Waals surface area contributed by atoms with Crippen molar-refractivity contribution < 1.29 is 18.3 Å². The molecule has 0 saturated carbocycles. The number of nitrogens with one attached hydrogen (secondary N) is 2. The molecule has 5 rings (SSSR count). The van der Waals surface area contributed by atoms with Crippen LogP contribution in [0.5, 0.6) is 5.88 Å². The van der Waals surface area contributed by atoms with E-state index in [4.69, 9.17) is 16.6 Å². The minimum Gasteiger partial charge on any atom is -0.494 e. The van der Waals surface area contributed by atoms with Crippen LogP contribution in [0.4, 0.5) is 11.4 Å². The summed E-state index contributed by atoms with van der Waals surface area (Å²) in [5, 5.41) is 12.3. The Labute approximate surface area is 256 Å². The summed E-state index contributed by atoms with van der Waals surface area (Å²) < 4.78 is 25.6. The number of fused-ring (bicyclic) bond motifs is 1. The van der Waals surface area contributed by atoms with Gasteiger partial charge in [-0.3, -0.25) is 9.69 Å². The number of benzene rings is 3. The lowest BCUT2D eigenvalue weighted by Crippen LogP contribution is -2.48. The monoisotopic (exact) mass is 622 g/mol. The van der Waals surface area contributed by atoms with E-state index in [2.05, 4.69) is 26.6 Å². The number of hydrogen-bond acceptors (Lipinski definition) is 7. The molecule has 2 heterocycles. The van der Waals surface area contributed by atoms with Gasteiger partial charge in [0.1, 0.15) is 0 Å². The maximum atomic E-state index is 13.0. The molecule has 0 radical (unpaired) electrons. The van der Waals surface area contributed by atoms with Gasteiger partial charge in [0.25, 0.3) is 0 Å². The van der Waals surface area contributed by atoms with Gasteiger partial charge in [0, 0.05) is 61.4 Å². The van der Waals surface area contributed by atoms with Crippen molar-refractivity contribution >= 4 is 55.5 Å². The van der Waals surface area contributed by atoms with Crippen LogP contribution in [-0.4, -0.2) is 93.0 Å². The molecule has 0 aliphatic carbocycles. The molecule has 1 aliphatic heterocycles. The normalized spacial score (nSPS) is 15.2. The molecule has 0 spiro atoms. The van der Waals surface area contributed by atoms with Crippen molar-refractivity contribution in [1.29, 1.82) is 0 Å². The van der Waals surface area contributed by atoms with Crippen LogP contribution in [-0.2, 0) is 21.4 Å². The standard InChI is InChI=1S/C31H35ClN6O4S/c1-36-14-16-38(17-15-36)20-28(39)37(2)25-11-9-24(10-12-25)34-30(22-6-4-21(5-7-22)19-33-43(3,41)42)29-26-13-8-23(32)18-27(26)35-31(29)40/h4-13,18,33,35,40H,14-17,19-20H2,1-3H3. The summed E-state index contributed by atoms with van der Waals surface area (Å²) in [6.07, 6.45) is 1.12. The van der Waals surface area contributed by atoms with Crippen LogP contribution in [0.2, 0.25) is 5.02 Å². The molecule has 0 bridgehead atoms. The van der Waals surface area contributed by atoms with E-state index < -0.39 is 10.0 Å². The Balaban J connectivity index is 1.44. The molecule has 1 fully saturated rings. The van der Waals surface area contributed by atoms with Gasteiger partial charge < -0.3 is 19.9 Å². The van der Waals surface area contributed by atoms with Gasteiger partial charge in [-0.15, -0.1) is 0 Å². The molecule has 1 saturated heterocycles. The number of carbonyl (C=O) groups excluding carboxylic acids is 1. The van der Waals surface area contributed by atoms with Crippen molar-refractivity contribution in [3.8, 4) is 5.88 Å². The molecular formula is C31H35ClN6O4S. The van der Waals surface area contributed by atoms with E-state index in [-0.39, 0.29) is 18.3 Å². The van der Waals surface area contributed by atoms with Crippen molar-refractivity contribution in [2.45, 2.75) is 6.54 Å². The fourth-order valence-electron chi connectivity index (χ4n) is 4.98. The largest absolute Gasteiger partial charge is 0.494 e. The first-order chi connectivity index (χ1) is 20.5. The van der Waals surface area contributed by atoms with E-state index in [1.54, 1.807) is 24.1 Å². The first-order valence-electron chi connectivity index (χ1n) is 13.9. The fourth-order valence-corrected chi connectivity index (χ4v) is 5.58. The van der Waals surface area contributed by atoms with E-state index in [1.807, 2.05) is 54.6 Å². The van der Waals surface area contributed by atoms with E-state index >= 15 is 0 Å². The number of carbonyl (C=O) groups is 1. The van der Waals surface area contributed by atoms with E-state index in [0.717, 1.165) is 54.6 Å². The SMILES string of the molecule is CN1CCN(CC(=O)N(C)c2ccc(N=C(c3ccc(CNS(C)(=O)=O)cc3)c3c(O)[nH]c4cc(Cl)ccc34)cc2)CC1. The Morgan fingerprint density at radius 2 is 1.72 bits per heavy atom. The summed E-state index contributed by atoms with van der Waals surface area (Å²) in [5.74, 6) is -0.0287. The van der Waals surface area contributed by atoms with Gasteiger partial charge in [0.15, 0.2) is 5.88 Å². The highest BCUT2D eigenvalue weighted by Gasteiger charge is 2.21. The molecular weight excluding hydrogens is 588 g/mol. The molecule has 43 heavy (non-hydrogen) atoms. The van der Waals surface area contributed by atoms with Crippen LogP contribution < -0.4 is 9.62 Å². The number of rotatable bonds is 9. The Bertz CT molecular complexity index is 1750. The van der Waals surface area contributed by atoms with E-state index in [1.165, 1.54) is 0 Å². The summed E-state index contributed by atoms with van der Waals surface area (Å²) in [7, 11) is 0.530. The van der Waals surface area contributed by atoms with Crippen LogP contribution in [0.1, 0.15) is 16.7 Å². The van der Waals surface area contributed by atoms with Crippen molar-refractivity contribution in [3.63, 3.8) is 0 Å². The lowest BCUT2D eigenvalue weighted by molar-refractivity contribution is -0.119. The lowest BCUT2D eigenvalue weighted by Gasteiger charge is -2.32. The van der Waals surface area contributed by atoms with Crippen LogP contribution in [0, 0.1) is 0 Å². The van der Waals surface area contributed by atoms with E-state index in [0.29, 0.717) is 34.0 Å². The average Bonchev–Trinajstić information content (AvgIpc) is 3.30. The Morgan fingerprint density at radius 3 is 2.37 bits per heavy atom. The number of aromatic nitrogens is 1. The number of likely N-dealkylation sites (N-methyl/N-ethyl adjacent to an activating group) is 2. The van der Waals surface area contributed by atoms with Crippen molar-refractivity contribution in [1.82, 2.24) is 19.5 Å². The van der Waals surface area contributed by atoms with Gasteiger partial charge in [-0.25, -0.2) is 18.1 Å². The first kappa shape index (κ1) is 30.7. The highest BCUT2D eigenvalue weighted by molar-refractivity contribution is 7.88. The Kier molecular flexibility index (Phi) is 9.19. The van der Waals surface area contributed by atoms with Gasteiger partial charge in [-0.2, -0.15) is 0 Å². The second-order valence-electron chi connectivity index (χ2n) is 10.8. The zero-order valence-electron chi connectivity index (χ0n) is 24.3. The molecule has 1 aromatic heterocycles. The van der Waals surface area contributed by atoms with Crippen LogP contribution in [0.25, 0.3) is 10.9 Å². The molecule has 0 atom stereocenters. The maximum absolute atomic E-state index is 13.0. The number of aromatic hydroxyl groups is 1. The summed E-state index contributed by atoms with van der Waals surface area (Å²) in [4.78, 5) is 27.0. The minimum atomic E-state index is -3.33. The molecule has 1 aliphatic rings. The smallest absolute Gasteiger partial charge is 0.240 e. The van der Waals surface area contributed by atoms with Crippen LogP contribution in [0.15, 0.2) is 71.7 Å². The fraction of sp³-hybridized carbons (Fsp3) is 0.290. The van der Waals surface area contributed by atoms with Gasteiger partial charge in [0.05, 0.1) is 35.3 Å². The molecule has 3 aromatic carbocycles. The second kappa shape index (κ2) is 12.9. The number of amides is 1. The molecule has 12 heteroatoms. The third kappa shape index (κ3) is 7.62. The van der Waals surface area contributed by atoms with Crippen molar-refractivity contribution in [2.75, 3.05) is 58.0 Å². The molecule has 226 valence electrons. The number of aromatic amines is 1. The number of halogens is 1. The Morgan fingerprint density at radius 1 is 1.05 bits per heavy atom. The number of aliphatic imine (C=N–C) groups is 1. The van der Waals surface area contributed by atoms with Gasteiger partial charge in [-0.1, -0.05) is 41.9 Å². The number of anilines is 1. The number of sulfonamides is 1. The highest BCUT2D eigenvalue weighted by atomic mass is 35.5.